The van der Waals surface area contributed by atoms with E-state index in [1.165, 1.54) is 6.07 Å². The van der Waals surface area contributed by atoms with Crippen LogP contribution in [0.4, 0.5) is 19.0 Å². The average molecular weight is 440 g/mol. The molecule has 1 saturated carbocycles. The Morgan fingerprint density at radius 3 is 2.50 bits per heavy atom. The number of rotatable bonds is 5. The number of aliphatic hydroxyl groups is 1. The second-order valence-electron chi connectivity index (χ2n) is 8.48. The maximum Gasteiger partial charge on any atom is 0.417 e. The molecule has 5 nitrogen and oxygen atoms in total. The lowest BCUT2D eigenvalue weighted by Gasteiger charge is -2.37. The summed E-state index contributed by atoms with van der Waals surface area (Å²) in [6, 6.07) is 14.1. The summed E-state index contributed by atoms with van der Waals surface area (Å²) in [4.78, 5) is 10.1. The third kappa shape index (κ3) is 3.96. The van der Waals surface area contributed by atoms with Crippen LogP contribution in [0.5, 0.6) is 0 Å². The van der Waals surface area contributed by atoms with Gasteiger partial charge in [-0.3, -0.25) is 9.88 Å². The lowest BCUT2D eigenvalue weighted by atomic mass is 9.97. The largest absolute Gasteiger partial charge is 0.417 e. The number of alkyl halides is 3. The second-order valence-corrected chi connectivity index (χ2v) is 8.48. The van der Waals surface area contributed by atoms with Crippen molar-refractivity contribution in [1.29, 1.82) is 0 Å². The van der Waals surface area contributed by atoms with E-state index in [2.05, 4.69) is 20.2 Å². The van der Waals surface area contributed by atoms with E-state index in [-0.39, 0.29) is 12.1 Å². The highest BCUT2D eigenvalue weighted by atomic mass is 19.4. The number of benzene rings is 1. The molecule has 5 rings (SSSR count). The summed E-state index contributed by atoms with van der Waals surface area (Å²) in [7, 11) is 0. The Balaban J connectivity index is 1.35. The number of fused-ring (bicyclic) bond motifs is 2. The first kappa shape index (κ1) is 20.9. The minimum Gasteiger partial charge on any atom is -0.374 e. The highest BCUT2D eigenvalue weighted by Crippen LogP contribution is 2.44. The summed E-state index contributed by atoms with van der Waals surface area (Å²) in [5.74, 6) is 0.844. The molecular formula is C24H23F3N4O. The molecule has 3 heterocycles. The summed E-state index contributed by atoms with van der Waals surface area (Å²) < 4.78 is 38.4. The van der Waals surface area contributed by atoms with E-state index in [0.29, 0.717) is 11.7 Å². The van der Waals surface area contributed by atoms with E-state index >= 15 is 0 Å². The van der Waals surface area contributed by atoms with Crippen LogP contribution in [-0.4, -0.2) is 38.6 Å². The molecule has 0 spiro atoms. The van der Waals surface area contributed by atoms with Crippen molar-refractivity contribution < 1.29 is 18.3 Å². The van der Waals surface area contributed by atoms with Crippen LogP contribution < -0.4 is 5.32 Å². The summed E-state index contributed by atoms with van der Waals surface area (Å²) in [5.41, 5.74) is 2.01. The van der Waals surface area contributed by atoms with Gasteiger partial charge in [-0.25, -0.2) is 4.98 Å². The maximum absolute atomic E-state index is 12.8. The molecule has 2 bridgehead atoms. The summed E-state index contributed by atoms with van der Waals surface area (Å²) in [5, 5.41) is 14.6. The number of likely N-dealkylation sites (tertiary alicyclic amines) is 1. The molecule has 4 atom stereocenters. The average Bonchev–Trinajstić information content (AvgIpc) is 3.40. The number of nitrogens with zero attached hydrogens (tertiary/aromatic N) is 3. The number of aromatic nitrogens is 2. The lowest BCUT2D eigenvalue weighted by molar-refractivity contribution is -0.137. The van der Waals surface area contributed by atoms with Gasteiger partial charge in [0.05, 0.1) is 5.56 Å². The minimum atomic E-state index is -4.40. The molecule has 32 heavy (non-hydrogen) atoms. The zero-order valence-electron chi connectivity index (χ0n) is 17.2. The smallest absolute Gasteiger partial charge is 0.374 e. The van der Waals surface area contributed by atoms with Gasteiger partial charge in [-0.2, -0.15) is 13.2 Å². The first-order valence-corrected chi connectivity index (χ1v) is 10.6. The van der Waals surface area contributed by atoms with E-state index < -0.39 is 18.0 Å². The number of hydrogen-bond donors (Lipinski definition) is 2. The minimum absolute atomic E-state index is 0.0146. The lowest BCUT2D eigenvalue weighted by Crippen LogP contribution is -2.46. The topological polar surface area (TPSA) is 61.3 Å². The molecule has 2 aromatic heterocycles. The summed E-state index contributed by atoms with van der Waals surface area (Å²) in [6.07, 6.45) is 0.976. The van der Waals surface area contributed by atoms with Crippen LogP contribution in [-0.2, 0) is 6.18 Å². The molecule has 166 valence electrons. The Morgan fingerprint density at radius 1 is 1.03 bits per heavy atom. The summed E-state index contributed by atoms with van der Waals surface area (Å²) >= 11 is 0. The highest BCUT2D eigenvalue weighted by molar-refractivity contribution is 5.67. The van der Waals surface area contributed by atoms with Crippen LogP contribution in [0.15, 0.2) is 67.1 Å². The van der Waals surface area contributed by atoms with Gasteiger partial charge in [-0.05, 0) is 54.2 Å². The van der Waals surface area contributed by atoms with Crippen molar-refractivity contribution in [2.75, 3.05) is 11.9 Å². The molecule has 1 saturated heterocycles. The molecule has 1 aromatic carbocycles. The molecular weight excluding hydrogens is 417 g/mol. The number of hydrogen-bond acceptors (Lipinski definition) is 5. The van der Waals surface area contributed by atoms with E-state index in [1.54, 1.807) is 12.4 Å². The molecule has 2 fully saturated rings. The number of aliphatic hydroxyl groups excluding tert-OH is 1. The number of nitrogens with one attached hydrogen (secondary N) is 1. The van der Waals surface area contributed by atoms with E-state index in [1.807, 2.05) is 36.4 Å². The van der Waals surface area contributed by atoms with Crippen LogP contribution in [0, 0.1) is 5.92 Å². The zero-order chi connectivity index (χ0) is 22.3. The Morgan fingerprint density at radius 2 is 1.81 bits per heavy atom. The predicted molar refractivity (Wildman–Crippen MR) is 115 cm³/mol. The molecule has 2 aliphatic rings. The highest BCUT2D eigenvalue weighted by Gasteiger charge is 2.47. The van der Waals surface area contributed by atoms with Gasteiger partial charge in [0.2, 0.25) is 0 Å². The summed E-state index contributed by atoms with van der Waals surface area (Å²) in [6.45, 7) is 0.787. The number of halogens is 3. The first-order valence-electron chi connectivity index (χ1n) is 10.6. The number of pyridine rings is 2. The van der Waals surface area contributed by atoms with Gasteiger partial charge in [0.1, 0.15) is 12.0 Å². The molecule has 0 amide bonds. The van der Waals surface area contributed by atoms with E-state index in [9.17, 15) is 18.3 Å². The third-order valence-electron chi connectivity index (χ3n) is 6.49. The molecule has 2 N–H and O–H groups in total. The zero-order valence-corrected chi connectivity index (χ0v) is 17.2. The van der Waals surface area contributed by atoms with Gasteiger partial charge >= 0.3 is 6.18 Å². The quantitative estimate of drug-likeness (QED) is 0.601. The molecule has 3 aromatic rings. The maximum atomic E-state index is 12.8. The van der Waals surface area contributed by atoms with Gasteiger partial charge < -0.3 is 10.4 Å². The Hall–Kier alpha value is -2.97. The fourth-order valence-electron chi connectivity index (χ4n) is 5.04. The van der Waals surface area contributed by atoms with Crippen molar-refractivity contribution in [1.82, 2.24) is 14.9 Å². The normalized spacial score (nSPS) is 23.9. The van der Waals surface area contributed by atoms with Gasteiger partial charge in [-0.15, -0.1) is 0 Å². The van der Waals surface area contributed by atoms with Crippen LogP contribution in [0.3, 0.4) is 0 Å². The van der Waals surface area contributed by atoms with E-state index in [4.69, 9.17) is 0 Å². The van der Waals surface area contributed by atoms with Gasteiger partial charge in [0.25, 0.3) is 0 Å². The fraction of sp³-hybridized carbons (Fsp3) is 0.333. The van der Waals surface area contributed by atoms with Crippen molar-refractivity contribution in [2.24, 2.45) is 5.92 Å². The number of piperidine rings is 1. The third-order valence-corrected chi connectivity index (χ3v) is 6.49. The van der Waals surface area contributed by atoms with Crippen LogP contribution in [0.1, 0.15) is 30.2 Å². The van der Waals surface area contributed by atoms with Gasteiger partial charge in [0.15, 0.2) is 0 Å². The van der Waals surface area contributed by atoms with Crippen molar-refractivity contribution >= 4 is 5.82 Å². The SMILES string of the molecule is OC(c1ccccc1-c1ccncc1)N1CC2CC(Nc3ccc(C(F)(F)F)cn3)C1C2. The van der Waals surface area contributed by atoms with Crippen molar-refractivity contribution in [3.8, 4) is 11.1 Å². The standard InChI is InChI=1S/C24H23F3N4O/c25-24(26,27)17-5-6-22(29-13-17)30-20-11-15-12-21(20)31(14-15)23(32)19-4-2-1-3-18(19)16-7-9-28-10-8-16/h1-10,13,15,20-21,23,32H,11-12,14H2,(H,29,30). The molecule has 1 aliphatic heterocycles. The van der Waals surface area contributed by atoms with Crippen molar-refractivity contribution in [2.45, 2.75) is 37.3 Å². The second kappa shape index (κ2) is 8.18. The van der Waals surface area contributed by atoms with Crippen LogP contribution >= 0.6 is 0 Å². The molecule has 0 radical (unpaired) electrons. The molecule has 4 unspecified atom stereocenters. The Labute approximate surface area is 183 Å². The van der Waals surface area contributed by atoms with Gasteiger partial charge in [0, 0.05) is 42.8 Å². The van der Waals surface area contributed by atoms with E-state index in [0.717, 1.165) is 48.3 Å². The fourth-order valence-corrected chi connectivity index (χ4v) is 5.04. The predicted octanol–water partition coefficient (Wildman–Crippen LogP) is 4.73. The van der Waals surface area contributed by atoms with Crippen LogP contribution in [0.25, 0.3) is 11.1 Å². The molecule has 8 heteroatoms. The number of anilines is 1. The monoisotopic (exact) mass is 440 g/mol. The molecule has 1 aliphatic carbocycles. The van der Waals surface area contributed by atoms with Crippen molar-refractivity contribution in [3.63, 3.8) is 0 Å². The van der Waals surface area contributed by atoms with Gasteiger partial charge in [-0.1, -0.05) is 24.3 Å². The van der Waals surface area contributed by atoms with Crippen LogP contribution in [0.2, 0.25) is 0 Å². The van der Waals surface area contributed by atoms with Crippen molar-refractivity contribution in [3.05, 3.63) is 78.2 Å². The Kier molecular flexibility index (Phi) is 5.35. The first-order chi connectivity index (χ1) is 15.4. The Bertz CT molecular complexity index is 1070.